The summed E-state index contributed by atoms with van der Waals surface area (Å²) in [6.07, 6.45) is 0.917. The van der Waals surface area contributed by atoms with Crippen LogP contribution in [0.15, 0.2) is 54.6 Å². The van der Waals surface area contributed by atoms with Gasteiger partial charge in [0.1, 0.15) is 0 Å². The highest BCUT2D eigenvalue weighted by atomic mass is 16.5. The van der Waals surface area contributed by atoms with Crippen molar-refractivity contribution in [3.05, 3.63) is 65.7 Å². The van der Waals surface area contributed by atoms with Crippen LogP contribution < -0.4 is 10.2 Å². The van der Waals surface area contributed by atoms with Crippen LogP contribution in [-0.4, -0.2) is 37.0 Å². The SMILES string of the molecule is CCOC(=O)c1ccc(N2C(=O)C[C@H](NCCc3ccccc3)C2=O)cc1. The summed E-state index contributed by atoms with van der Waals surface area (Å²) in [7, 11) is 0. The van der Waals surface area contributed by atoms with E-state index in [9.17, 15) is 14.4 Å². The van der Waals surface area contributed by atoms with Crippen LogP contribution in [0.2, 0.25) is 0 Å². The van der Waals surface area contributed by atoms with E-state index in [2.05, 4.69) is 5.32 Å². The van der Waals surface area contributed by atoms with E-state index in [1.165, 1.54) is 10.5 Å². The summed E-state index contributed by atoms with van der Waals surface area (Å²) in [5, 5.41) is 3.17. The number of amides is 2. The number of nitrogens with one attached hydrogen (secondary N) is 1. The van der Waals surface area contributed by atoms with Crippen molar-refractivity contribution < 1.29 is 19.1 Å². The first-order valence-electron chi connectivity index (χ1n) is 9.01. The van der Waals surface area contributed by atoms with Crippen molar-refractivity contribution in [2.24, 2.45) is 0 Å². The highest BCUT2D eigenvalue weighted by molar-refractivity contribution is 6.22. The number of esters is 1. The van der Waals surface area contributed by atoms with Gasteiger partial charge in [-0.3, -0.25) is 9.59 Å². The van der Waals surface area contributed by atoms with Crippen LogP contribution in [-0.2, 0) is 20.7 Å². The Morgan fingerprint density at radius 3 is 2.48 bits per heavy atom. The Balaban J connectivity index is 1.61. The molecule has 140 valence electrons. The first-order chi connectivity index (χ1) is 13.1. The number of nitrogens with zero attached hydrogens (tertiary/aromatic N) is 1. The van der Waals surface area contributed by atoms with Gasteiger partial charge in [0, 0.05) is 0 Å². The van der Waals surface area contributed by atoms with E-state index in [4.69, 9.17) is 4.74 Å². The second-order valence-corrected chi connectivity index (χ2v) is 6.28. The molecule has 0 unspecified atom stereocenters. The number of hydrogen-bond donors (Lipinski definition) is 1. The lowest BCUT2D eigenvalue weighted by Crippen LogP contribution is -2.39. The van der Waals surface area contributed by atoms with Gasteiger partial charge in [-0.25, -0.2) is 9.69 Å². The molecule has 1 heterocycles. The summed E-state index contributed by atoms with van der Waals surface area (Å²) in [5.74, 6) is -0.943. The minimum absolute atomic E-state index is 0.132. The summed E-state index contributed by atoms with van der Waals surface area (Å²) >= 11 is 0. The standard InChI is InChI=1S/C21H22N2O4/c1-2-27-21(26)16-8-10-17(11-9-16)23-19(24)14-18(20(23)25)22-13-12-15-6-4-3-5-7-15/h3-11,18,22H,2,12-14H2,1H3/t18-/m0/s1. The number of anilines is 1. The van der Waals surface area contributed by atoms with E-state index >= 15 is 0 Å². The fraction of sp³-hybridized carbons (Fsp3) is 0.286. The van der Waals surface area contributed by atoms with Crippen LogP contribution in [0.1, 0.15) is 29.3 Å². The molecule has 2 aromatic rings. The molecule has 1 fully saturated rings. The average Bonchev–Trinajstić information content (AvgIpc) is 2.96. The normalized spacial score (nSPS) is 16.6. The van der Waals surface area contributed by atoms with Crippen LogP contribution in [0.4, 0.5) is 5.69 Å². The van der Waals surface area contributed by atoms with Crippen LogP contribution in [0.5, 0.6) is 0 Å². The topological polar surface area (TPSA) is 75.7 Å². The molecule has 2 aromatic carbocycles. The molecule has 3 rings (SSSR count). The Labute approximate surface area is 158 Å². The van der Waals surface area contributed by atoms with Crippen molar-refractivity contribution >= 4 is 23.5 Å². The Morgan fingerprint density at radius 1 is 1.11 bits per heavy atom. The molecule has 1 aliphatic rings. The molecule has 6 nitrogen and oxygen atoms in total. The largest absolute Gasteiger partial charge is 0.462 e. The van der Waals surface area contributed by atoms with E-state index in [1.807, 2.05) is 30.3 Å². The smallest absolute Gasteiger partial charge is 0.338 e. The van der Waals surface area contributed by atoms with Gasteiger partial charge in [0.25, 0.3) is 5.91 Å². The Hall–Kier alpha value is -2.99. The Kier molecular flexibility index (Phi) is 5.98. The zero-order chi connectivity index (χ0) is 19.2. The summed E-state index contributed by atoms with van der Waals surface area (Å²) in [5.41, 5.74) is 2.02. The molecule has 0 radical (unpaired) electrons. The average molecular weight is 366 g/mol. The Bertz CT molecular complexity index is 818. The molecule has 1 saturated heterocycles. The minimum Gasteiger partial charge on any atom is -0.462 e. The minimum atomic E-state index is -0.522. The predicted octanol–water partition coefficient (Wildman–Crippen LogP) is 2.33. The monoisotopic (exact) mass is 366 g/mol. The maximum Gasteiger partial charge on any atom is 0.338 e. The van der Waals surface area contributed by atoms with Gasteiger partial charge in [-0.05, 0) is 49.7 Å². The number of carbonyl (C=O) groups excluding carboxylic acids is 3. The van der Waals surface area contributed by atoms with E-state index in [0.29, 0.717) is 24.4 Å². The molecule has 0 spiro atoms. The van der Waals surface area contributed by atoms with E-state index in [1.54, 1.807) is 31.2 Å². The van der Waals surface area contributed by atoms with Crippen molar-refractivity contribution in [3.8, 4) is 0 Å². The van der Waals surface area contributed by atoms with Gasteiger partial charge in [-0.2, -0.15) is 0 Å². The van der Waals surface area contributed by atoms with Crippen molar-refractivity contribution in [1.82, 2.24) is 5.32 Å². The predicted molar refractivity (Wildman–Crippen MR) is 101 cm³/mol. The maximum absolute atomic E-state index is 12.6. The molecule has 1 atom stereocenters. The fourth-order valence-corrected chi connectivity index (χ4v) is 3.06. The van der Waals surface area contributed by atoms with Gasteiger partial charge in [0.05, 0.1) is 30.3 Å². The number of carbonyl (C=O) groups is 3. The molecule has 6 heteroatoms. The third-order valence-electron chi connectivity index (χ3n) is 4.43. The van der Waals surface area contributed by atoms with Gasteiger partial charge < -0.3 is 10.1 Å². The van der Waals surface area contributed by atoms with Crippen molar-refractivity contribution in [1.29, 1.82) is 0 Å². The van der Waals surface area contributed by atoms with Gasteiger partial charge >= 0.3 is 5.97 Å². The van der Waals surface area contributed by atoms with Crippen molar-refractivity contribution in [3.63, 3.8) is 0 Å². The lowest BCUT2D eigenvalue weighted by molar-refractivity contribution is -0.121. The molecule has 2 amide bonds. The molecule has 0 aliphatic carbocycles. The summed E-state index contributed by atoms with van der Waals surface area (Å²) in [6.45, 7) is 2.64. The lowest BCUT2D eigenvalue weighted by Gasteiger charge is -2.16. The van der Waals surface area contributed by atoms with Gasteiger partial charge in [0.2, 0.25) is 5.91 Å². The first-order valence-corrected chi connectivity index (χ1v) is 9.01. The lowest BCUT2D eigenvalue weighted by atomic mass is 10.1. The third-order valence-corrected chi connectivity index (χ3v) is 4.43. The molecule has 0 saturated carbocycles. The second kappa shape index (κ2) is 8.60. The number of rotatable bonds is 7. The maximum atomic E-state index is 12.6. The number of imide groups is 1. The van der Waals surface area contributed by atoms with E-state index in [-0.39, 0.29) is 18.2 Å². The molecule has 0 aromatic heterocycles. The molecule has 0 bridgehead atoms. The van der Waals surface area contributed by atoms with Crippen molar-refractivity contribution in [2.75, 3.05) is 18.1 Å². The van der Waals surface area contributed by atoms with E-state index in [0.717, 1.165) is 6.42 Å². The van der Waals surface area contributed by atoms with Gasteiger partial charge in [0.15, 0.2) is 0 Å². The van der Waals surface area contributed by atoms with Crippen LogP contribution >= 0.6 is 0 Å². The summed E-state index contributed by atoms with van der Waals surface area (Å²) < 4.78 is 4.94. The van der Waals surface area contributed by atoms with Crippen LogP contribution in [0.25, 0.3) is 0 Å². The zero-order valence-corrected chi connectivity index (χ0v) is 15.2. The van der Waals surface area contributed by atoms with Crippen LogP contribution in [0.3, 0.4) is 0 Å². The molecule has 1 N–H and O–H groups in total. The van der Waals surface area contributed by atoms with Crippen molar-refractivity contribution in [2.45, 2.75) is 25.8 Å². The Morgan fingerprint density at radius 2 is 1.81 bits per heavy atom. The number of hydrogen-bond acceptors (Lipinski definition) is 5. The molecule has 27 heavy (non-hydrogen) atoms. The summed E-state index contributed by atoms with van der Waals surface area (Å²) in [6, 6.07) is 15.7. The number of benzene rings is 2. The summed E-state index contributed by atoms with van der Waals surface area (Å²) in [4.78, 5) is 37.8. The quantitative estimate of drug-likeness (QED) is 0.601. The first kappa shape index (κ1) is 18.8. The molecular weight excluding hydrogens is 344 g/mol. The van der Waals surface area contributed by atoms with Gasteiger partial charge in [-0.15, -0.1) is 0 Å². The molecular formula is C21H22N2O4. The fourth-order valence-electron chi connectivity index (χ4n) is 3.06. The van der Waals surface area contributed by atoms with Gasteiger partial charge in [-0.1, -0.05) is 30.3 Å². The second-order valence-electron chi connectivity index (χ2n) is 6.28. The van der Waals surface area contributed by atoms with E-state index < -0.39 is 12.0 Å². The van der Waals surface area contributed by atoms with Crippen LogP contribution in [0, 0.1) is 0 Å². The molecule has 1 aliphatic heterocycles. The highest BCUT2D eigenvalue weighted by Crippen LogP contribution is 2.23. The third kappa shape index (κ3) is 4.41. The highest BCUT2D eigenvalue weighted by Gasteiger charge is 2.39. The number of ether oxygens (including phenoxy) is 1. The zero-order valence-electron chi connectivity index (χ0n) is 15.2.